The Morgan fingerprint density at radius 3 is 2.41 bits per heavy atom. The van der Waals surface area contributed by atoms with Gasteiger partial charge in [-0.05, 0) is 31.5 Å². The summed E-state index contributed by atoms with van der Waals surface area (Å²) in [5, 5.41) is 0.255. The third-order valence-corrected chi connectivity index (χ3v) is 2.63. The second-order valence-corrected chi connectivity index (χ2v) is 4.04. The van der Waals surface area contributed by atoms with Crippen molar-refractivity contribution in [3.8, 4) is 0 Å². The van der Waals surface area contributed by atoms with E-state index in [1.807, 2.05) is 0 Å². The molecule has 0 aliphatic carbocycles. The van der Waals surface area contributed by atoms with E-state index < -0.39 is 23.5 Å². The topological polar surface area (TPSA) is 38.9 Å². The largest absolute Gasteiger partial charge is 0.323 e. The number of hydrogen-bond acceptors (Lipinski definition) is 2. The maximum absolute atomic E-state index is 13.6. The monoisotopic (exact) mass is 240 g/mol. The van der Waals surface area contributed by atoms with Crippen LogP contribution < -0.4 is 5.73 Å². The van der Waals surface area contributed by atoms with Crippen molar-refractivity contribution in [1.29, 1.82) is 0 Å². The summed E-state index contributed by atoms with van der Waals surface area (Å²) >= 11 is 0. The van der Waals surface area contributed by atoms with Gasteiger partial charge in [-0.25, -0.2) is 18.2 Å². The summed E-state index contributed by atoms with van der Waals surface area (Å²) in [5.41, 5.74) is 6.51. The molecular weight excluding hydrogens is 229 g/mol. The van der Waals surface area contributed by atoms with Gasteiger partial charge in [0.1, 0.15) is 5.52 Å². The van der Waals surface area contributed by atoms with Crippen LogP contribution in [-0.2, 0) is 0 Å². The van der Waals surface area contributed by atoms with Gasteiger partial charge in [-0.3, -0.25) is 0 Å². The van der Waals surface area contributed by atoms with E-state index in [0.717, 1.165) is 6.07 Å². The summed E-state index contributed by atoms with van der Waals surface area (Å²) in [5.74, 6) is -4.00. The van der Waals surface area contributed by atoms with Gasteiger partial charge < -0.3 is 5.73 Å². The van der Waals surface area contributed by atoms with E-state index in [-0.39, 0.29) is 10.9 Å². The van der Waals surface area contributed by atoms with Crippen LogP contribution in [0.15, 0.2) is 12.1 Å². The molecule has 0 saturated heterocycles. The third kappa shape index (κ3) is 1.86. The summed E-state index contributed by atoms with van der Waals surface area (Å²) in [6, 6.07) is 2.19. The van der Waals surface area contributed by atoms with E-state index in [1.165, 1.54) is 0 Å². The molecule has 1 aromatic carbocycles. The van der Waals surface area contributed by atoms with Gasteiger partial charge in [0.25, 0.3) is 0 Å². The fourth-order valence-electron chi connectivity index (χ4n) is 1.69. The maximum atomic E-state index is 13.6. The highest BCUT2D eigenvalue weighted by atomic mass is 19.2. The number of aryl methyl sites for hydroxylation is 1. The Morgan fingerprint density at radius 1 is 1.18 bits per heavy atom. The molecule has 2 N–H and O–H groups in total. The van der Waals surface area contributed by atoms with Crippen molar-refractivity contribution >= 4 is 10.9 Å². The summed E-state index contributed by atoms with van der Waals surface area (Å²) < 4.78 is 39.7. The number of rotatable bonds is 1. The highest BCUT2D eigenvalue weighted by Gasteiger charge is 2.17. The SMILES string of the molecule is Cc1cc(C(C)N)nc2c(F)c(F)c(F)cc12. The second kappa shape index (κ2) is 4.00. The lowest BCUT2D eigenvalue weighted by molar-refractivity contribution is 0.452. The molecular formula is C12H11F3N2. The number of nitrogens with zero attached hydrogens (tertiary/aromatic N) is 1. The number of hydrogen-bond donors (Lipinski definition) is 1. The van der Waals surface area contributed by atoms with Crippen molar-refractivity contribution in [3.63, 3.8) is 0 Å². The number of halogens is 3. The molecule has 0 fully saturated rings. The quantitative estimate of drug-likeness (QED) is 0.778. The molecule has 0 bridgehead atoms. The number of benzene rings is 1. The standard InChI is InChI=1S/C12H11F3N2/c1-5-3-9(6(2)16)17-12-7(5)4-8(13)10(14)11(12)15/h3-4,6H,16H2,1-2H3. The van der Waals surface area contributed by atoms with Crippen LogP contribution in [-0.4, -0.2) is 4.98 Å². The molecule has 2 aromatic rings. The van der Waals surface area contributed by atoms with Crippen LogP contribution >= 0.6 is 0 Å². The molecule has 1 aromatic heterocycles. The predicted octanol–water partition coefficient (Wildman–Crippen LogP) is 2.98. The minimum Gasteiger partial charge on any atom is -0.323 e. The van der Waals surface area contributed by atoms with Gasteiger partial charge in [-0.15, -0.1) is 0 Å². The molecule has 17 heavy (non-hydrogen) atoms. The van der Waals surface area contributed by atoms with Crippen LogP contribution in [0.25, 0.3) is 10.9 Å². The Kier molecular flexibility index (Phi) is 2.79. The van der Waals surface area contributed by atoms with Crippen molar-refractivity contribution in [3.05, 3.63) is 40.8 Å². The first-order valence-electron chi connectivity index (χ1n) is 5.12. The van der Waals surface area contributed by atoms with Gasteiger partial charge in [0, 0.05) is 11.4 Å². The first-order valence-corrected chi connectivity index (χ1v) is 5.12. The lowest BCUT2D eigenvalue weighted by Crippen LogP contribution is -2.09. The van der Waals surface area contributed by atoms with E-state index >= 15 is 0 Å². The number of fused-ring (bicyclic) bond motifs is 1. The van der Waals surface area contributed by atoms with Crippen LogP contribution in [0.5, 0.6) is 0 Å². The van der Waals surface area contributed by atoms with E-state index in [2.05, 4.69) is 4.98 Å². The average Bonchev–Trinajstić information content (AvgIpc) is 2.27. The molecule has 0 saturated carbocycles. The molecule has 90 valence electrons. The molecule has 0 amide bonds. The van der Waals surface area contributed by atoms with Gasteiger partial charge in [-0.1, -0.05) is 0 Å². The highest BCUT2D eigenvalue weighted by Crippen LogP contribution is 2.25. The van der Waals surface area contributed by atoms with E-state index in [1.54, 1.807) is 19.9 Å². The number of nitrogens with two attached hydrogens (primary N) is 1. The lowest BCUT2D eigenvalue weighted by Gasteiger charge is -2.10. The fraction of sp³-hybridized carbons (Fsp3) is 0.250. The first kappa shape index (κ1) is 11.9. The van der Waals surface area contributed by atoms with Crippen molar-refractivity contribution < 1.29 is 13.2 Å². The van der Waals surface area contributed by atoms with Crippen LogP contribution in [0.4, 0.5) is 13.2 Å². The minimum atomic E-state index is -1.51. The fourth-order valence-corrected chi connectivity index (χ4v) is 1.69. The normalized spacial score (nSPS) is 13.1. The Bertz CT molecular complexity index is 594. The molecule has 5 heteroatoms. The Hall–Kier alpha value is -1.62. The smallest absolute Gasteiger partial charge is 0.196 e. The van der Waals surface area contributed by atoms with Crippen molar-refractivity contribution in [2.75, 3.05) is 0 Å². The van der Waals surface area contributed by atoms with Gasteiger partial charge >= 0.3 is 0 Å². The molecule has 0 aliphatic rings. The predicted molar refractivity (Wildman–Crippen MR) is 59.0 cm³/mol. The average molecular weight is 240 g/mol. The Balaban J connectivity index is 2.88. The van der Waals surface area contributed by atoms with Crippen LogP contribution in [0.2, 0.25) is 0 Å². The zero-order chi connectivity index (χ0) is 12.7. The van der Waals surface area contributed by atoms with Crippen molar-refractivity contribution in [2.45, 2.75) is 19.9 Å². The molecule has 1 unspecified atom stereocenters. The molecule has 2 nitrogen and oxygen atoms in total. The van der Waals surface area contributed by atoms with Crippen LogP contribution in [0.3, 0.4) is 0 Å². The highest BCUT2D eigenvalue weighted by molar-refractivity contribution is 5.83. The van der Waals surface area contributed by atoms with E-state index in [9.17, 15) is 13.2 Å². The molecule has 0 radical (unpaired) electrons. The molecule has 2 rings (SSSR count). The summed E-state index contributed by atoms with van der Waals surface area (Å²) in [4.78, 5) is 3.93. The minimum absolute atomic E-state index is 0.184. The molecule has 1 atom stereocenters. The van der Waals surface area contributed by atoms with Crippen LogP contribution in [0, 0.1) is 24.4 Å². The molecule has 1 heterocycles. The second-order valence-electron chi connectivity index (χ2n) is 4.04. The Labute approximate surface area is 96.3 Å². The zero-order valence-electron chi connectivity index (χ0n) is 9.39. The lowest BCUT2D eigenvalue weighted by atomic mass is 10.1. The van der Waals surface area contributed by atoms with Gasteiger partial charge in [0.05, 0.1) is 5.69 Å². The van der Waals surface area contributed by atoms with E-state index in [4.69, 9.17) is 5.73 Å². The zero-order valence-corrected chi connectivity index (χ0v) is 9.39. The number of pyridine rings is 1. The Morgan fingerprint density at radius 2 is 1.82 bits per heavy atom. The molecule has 0 aliphatic heterocycles. The summed E-state index contributed by atoms with van der Waals surface area (Å²) in [7, 11) is 0. The van der Waals surface area contributed by atoms with Crippen molar-refractivity contribution in [2.24, 2.45) is 5.73 Å². The first-order chi connectivity index (χ1) is 7.91. The van der Waals surface area contributed by atoms with Crippen molar-refractivity contribution in [1.82, 2.24) is 4.98 Å². The maximum Gasteiger partial charge on any atom is 0.196 e. The number of aromatic nitrogens is 1. The summed E-state index contributed by atoms with van der Waals surface area (Å²) in [6.07, 6.45) is 0. The van der Waals surface area contributed by atoms with Gasteiger partial charge in [-0.2, -0.15) is 0 Å². The van der Waals surface area contributed by atoms with Gasteiger partial charge in [0.15, 0.2) is 17.5 Å². The van der Waals surface area contributed by atoms with E-state index in [0.29, 0.717) is 11.3 Å². The third-order valence-electron chi connectivity index (χ3n) is 2.63. The molecule has 0 spiro atoms. The summed E-state index contributed by atoms with van der Waals surface area (Å²) in [6.45, 7) is 3.36. The van der Waals surface area contributed by atoms with Crippen LogP contribution in [0.1, 0.15) is 24.2 Å². The van der Waals surface area contributed by atoms with Gasteiger partial charge in [0.2, 0.25) is 0 Å².